The summed E-state index contributed by atoms with van der Waals surface area (Å²) >= 11 is 0. The van der Waals surface area contributed by atoms with Gasteiger partial charge in [-0.25, -0.2) is 0 Å². The summed E-state index contributed by atoms with van der Waals surface area (Å²) < 4.78 is 0. The molecule has 0 fully saturated rings. The number of carbonyl (C=O) groups is 4. The first-order valence-electron chi connectivity index (χ1n) is 9.49. The Morgan fingerprint density at radius 3 is 2.00 bits per heavy atom. The lowest BCUT2D eigenvalue weighted by Gasteiger charge is -2.35. The molecule has 0 saturated heterocycles. The summed E-state index contributed by atoms with van der Waals surface area (Å²) in [6, 6.07) is 2.18. The molecule has 2 rings (SSSR count). The van der Waals surface area contributed by atoms with Crippen molar-refractivity contribution >= 4 is 24.0 Å². The van der Waals surface area contributed by atoms with Gasteiger partial charge in [0.1, 0.15) is 13.2 Å². The highest BCUT2D eigenvalue weighted by Gasteiger charge is 2.45. The number of aldehydes is 1. The molecule has 14 heteroatoms. The molecule has 1 aromatic carbocycles. The zero-order valence-corrected chi connectivity index (χ0v) is 18.5. The molecule has 0 unspecified atom stereocenters. The van der Waals surface area contributed by atoms with Crippen molar-refractivity contribution < 1.29 is 39.0 Å². The van der Waals surface area contributed by atoms with Gasteiger partial charge < -0.3 is 14.6 Å². The predicted molar refractivity (Wildman–Crippen MR) is 108 cm³/mol. The molecule has 3 amide bonds. The molecule has 178 valence electrons. The van der Waals surface area contributed by atoms with Crippen LogP contribution in [0.15, 0.2) is 12.1 Å². The number of benzene rings is 1. The SMILES string of the molecule is CN(C(=O)c1cc2c(cc1C=O)C(=O)N(C(C)(C)CO[N+](=O)[O-])C2=O)C(C)(C)CO[N+](=O)[O-]. The summed E-state index contributed by atoms with van der Waals surface area (Å²) in [6.07, 6.45) is 0.337. The van der Waals surface area contributed by atoms with Gasteiger partial charge in [-0.15, -0.1) is 20.2 Å². The second-order valence-corrected chi connectivity index (χ2v) is 8.53. The Kier molecular flexibility index (Phi) is 6.71. The summed E-state index contributed by atoms with van der Waals surface area (Å²) in [7, 11) is 1.34. The van der Waals surface area contributed by atoms with Crippen molar-refractivity contribution in [3.63, 3.8) is 0 Å². The first-order valence-corrected chi connectivity index (χ1v) is 9.49. The Hall–Kier alpha value is -4.10. The summed E-state index contributed by atoms with van der Waals surface area (Å²) in [5.41, 5.74) is -3.29. The highest BCUT2D eigenvalue weighted by molar-refractivity contribution is 6.23. The van der Waals surface area contributed by atoms with Gasteiger partial charge >= 0.3 is 0 Å². The Bertz CT molecular complexity index is 1050. The summed E-state index contributed by atoms with van der Waals surface area (Å²) in [5.74, 6) is -2.37. The lowest BCUT2D eigenvalue weighted by Crippen LogP contribution is -2.50. The molecule has 14 nitrogen and oxygen atoms in total. The molecule has 33 heavy (non-hydrogen) atoms. The summed E-state index contributed by atoms with van der Waals surface area (Å²) in [5, 5.41) is 19.0. The predicted octanol–water partition coefficient (Wildman–Crippen LogP) is 1.14. The van der Waals surface area contributed by atoms with E-state index in [0.717, 1.165) is 21.9 Å². The molecule has 0 saturated carbocycles. The molecular formula is C19H22N4O10. The number of hydrogen-bond donors (Lipinski definition) is 0. The number of imide groups is 1. The van der Waals surface area contributed by atoms with Crippen molar-refractivity contribution in [3.05, 3.63) is 54.6 Å². The second kappa shape index (κ2) is 8.80. The van der Waals surface area contributed by atoms with Crippen LogP contribution in [-0.4, -0.2) is 75.3 Å². The fraction of sp³-hybridized carbons (Fsp3) is 0.474. The summed E-state index contributed by atoms with van der Waals surface area (Å²) in [4.78, 5) is 82.3. The Balaban J connectivity index is 2.46. The van der Waals surface area contributed by atoms with Crippen LogP contribution in [-0.2, 0) is 9.68 Å². The zero-order chi connectivity index (χ0) is 25.3. The van der Waals surface area contributed by atoms with Crippen LogP contribution in [0.25, 0.3) is 0 Å². The Labute approximate surface area is 187 Å². The maximum absolute atomic E-state index is 13.1. The quantitative estimate of drug-likeness (QED) is 0.210. The lowest BCUT2D eigenvalue weighted by molar-refractivity contribution is -0.759. The minimum Gasteiger partial charge on any atom is -0.335 e. The van der Waals surface area contributed by atoms with E-state index in [1.807, 2.05) is 0 Å². The highest BCUT2D eigenvalue weighted by Crippen LogP contribution is 2.32. The van der Waals surface area contributed by atoms with E-state index >= 15 is 0 Å². The molecule has 0 atom stereocenters. The number of carbonyl (C=O) groups excluding carboxylic acids is 4. The number of nitrogens with zero attached hydrogens (tertiary/aromatic N) is 4. The largest absolute Gasteiger partial charge is 0.335 e. The average Bonchev–Trinajstić information content (AvgIpc) is 2.98. The van der Waals surface area contributed by atoms with Crippen molar-refractivity contribution in [3.8, 4) is 0 Å². The van der Waals surface area contributed by atoms with Crippen LogP contribution in [0.5, 0.6) is 0 Å². The molecular weight excluding hydrogens is 444 g/mol. The maximum Gasteiger partial charge on any atom is 0.294 e. The molecule has 1 aliphatic rings. The number of rotatable bonds is 10. The van der Waals surface area contributed by atoms with Gasteiger partial charge in [0.15, 0.2) is 6.29 Å². The smallest absolute Gasteiger partial charge is 0.294 e. The normalized spacial score (nSPS) is 13.4. The Morgan fingerprint density at radius 1 is 1.03 bits per heavy atom. The fourth-order valence-corrected chi connectivity index (χ4v) is 3.17. The van der Waals surface area contributed by atoms with E-state index in [0.29, 0.717) is 6.29 Å². The van der Waals surface area contributed by atoms with Crippen LogP contribution in [0.3, 0.4) is 0 Å². The number of amides is 3. The van der Waals surface area contributed by atoms with Gasteiger partial charge in [0.2, 0.25) is 0 Å². The van der Waals surface area contributed by atoms with E-state index in [4.69, 9.17) is 0 Å². The van der Waals surface area contributed by atoms with Gasteiger partial charge in [-0.1, -0.05) is 0 Å². The molecule has 0 aromatic heterocycles. The topological polar surface area (TPSA) is 179 Å². The van der Waals surface area contributed by atoms with Crippen molar-refractivity contribution in [2.75, 3.05) is 20.3 Å². The minimum absolute atomic E-state index is 0.147. The van der Waals surface area contributed by atoms with Gasteiger partial charge in [-0.05, 0) is 39.8 Å². The van der Waals surface area contributed by atoms with E-state index in [2.05, 4.69) is 9.68 Å². The minimum atomic E-state index is -1.41. The number of hydrogen-bond acceptors (Lipinski definition) is 10. The van der Waals surface area contributed by atoms with Crippen LogP contribution in [0.4, 0.5) is 0 Å². The van der Waals surface area contributed by atoms with E-state index < -0.39 is 52.2 Å². The first-order chi connectivity index (χ1) is 15.1. The molecule has 0 N–H and O–H groups in total. The lowest BCUT2D eigenvalue weighted by atomic mass is 9.97. The van der Waals surface area contributed by atoms with Crippen molar-refractivity contribution in [2.45, 2.75) is 38.8 Å². The van der Waals surface area contributed by atoms with E-state index in [-0.39, 0.29) is 22.3 Å². The second-order valence-electron chi connectivity index (χ2n) is 8.53. The fourth-order valence-electron chi connectivity index (χ4n) is 3.17. The van der Waals surface area contributed by atoms with Gasteiger partial charge in [-0.2, -0.15) is 0 Å². The van der Waals surface area contributed by atoms with Gasteiger partial charge in [0, 0.05) is 12.6 Å². The standard InChI is InChI=1S/C19H22N4O10/c1-18(2,9-32-22(28)29)20(5)15(25)12-7-14-13(6-11(12)8-24)16(26)21(17(14)27)19(3,4)10-33-23(30)31/h6-8H,9-10H2,1-5H3. The van der Waals surface area contributed by atoms with Crippen molar-refractivity contribution in [1.82, 2.24) is 9.80 Å². The van der Waals surface area contributed by atoms with Crippen molar-refractivity contribution in [2.24, 2.45) is 0 Å². The zero-order valence-electron chi connectivity index (χ0n) is 18.5. The molecule has 0 radical (unpaired) electrons. The molecule has 1 aliphatic heterocycles. The molecule has 1 heterocycles. The van der Waals surface area contributed by atoms with Gasteiger partial charge in [0.25, 0.3) is 27.9 Å². The average molecular weight is 466 g/mol. The Morgan fingerprint density at radius 2 is 1.52 bits per heavy atom. The van der Waals surface area contributed by atoms with Gasteiger partial charge in [-0.3, -0.25) is 24.1 Å². The number of likely N-dealkylation sites (N-methyl/N-ethyl adjacent to an activating group) is 1. The molecule has 0 aliphatic carbocycles. The van der Waals surface area contributed by atoms with Crippen LogP contribution in [0.2, 0.25) is 0 Å². The first kappa shape index (κ1) is 25.2. The van der Waals surface area contributed by atoms with E-state index in [1.54, 1.807) is 0 Å². The van der Waals surface area contributed by atoms with Crippen LogP contribution < -0.4 is 0 Å². The third-order valence-corrected chi connectivity index (χ3v) is 5.28. The van der Waals surface area contributed by atoms with Crippen LogP contribution in [0.1, 0.15) is 69.1 Å². The van der Waals surface area contributed by atoms with Gasteiger partial charge in [0.05, 0.1) is 27.8 Å². The molecule has 0 bridgehead atoms. The number of fused-ring (bicyclic) bond motifs is 1. The van der Waals surface area contributed by atoms with Crippen molar-refractivity contribution in [1.29, 1.82) is 0 Å². The van der Waals surface area contributed by atoms with Crippen LogP contribution in [0, 0.1) is 20.2 Å². The third kappa shape index (κ3) is 4.88. The van der Waals surface area contributed by atoms with E-state index in [9.17, 15) is 39.4 Å². The monoisotopic (exact) mass is 466 g/mol. The maximum atomic E-state index is 13.1. The van der Waals surface area contributed by atoms with Crippen LogP contribution >= 0.6 is 0 Å². The summed E-state index contributed by atoms with van der Waals surface area (Å²) in [6.45, 7) is 4.71. The third-order valence-electron chi connectivity index (χ3n) is 5.28. The molecule has 1 aromatic rings. The highest BCUT2D eigenvalue weighted by atomic mass is 17.0. The van der Waals surface area contributed by atoms with E-state index in [1.165, 1.54) is 34.7 Å². The molecule has 0 spiro atoms.